The Morgan fingerprint density at radius 3 is 1.42 bits per heavy atom. The number of nitrogens with zero attached hydrogens (tertiary/aromatic N) is 4. The van der Waals surface area contributed by atoms with Crippen LogP contribution in [0.25, 0.3) is 0 Å². The molecule has 0 saturated carbocycles. The number of halogens is 3. The van der Waals surface area contributed by atoms with Gasteiger partial charge < -0.3 is 46.0 Å². The fraction of sp³-hybridized carbons (Fsp3) is 0.424. The largest absolute Gasteiger partial charge is 2.00 e. The molecule has 20 heteroatoms. The van der Waals surface area contributed by atoms with Gasteiger partial charge in [-0.15, -0.1) is 16.0 Å². The number of hydrogen-bond acceptors (Lipinski definition) is 13. The molecule has 0 aliphatic heterocycles. The van der Waals surface area contributed by atoms with Gasteiger partial charge in [0.15, 0.2) is 0 Å². The van der Waals surface area contributed by atoms with Crippen molar-refractivity contribution in [3.05, 3.63) is 85.3 Å². The number of likely N-dealkylation sites (N-methyl/N-ethyl adjacent to an activating group) is 2. The summed E-state index contributed by atoms with van der Waals surface area (Å²) in [5.74, 6) is -0.810. The number of carboxylic acid groups (broad SMARTS) is 1. The zero-order chi connectivity index (χ0) is 37.5. The van der Waals surface area contributed by atoms with Crippen molar-refractivity contribution in [2.75, 3.05) is 54.4 Å². The van der Waals surface area contributed by atoms with Gasteiger partial charge in [-0.3, -0.25) is 9.80 Å². The molecule has 0 saturated heterocycles. The van der Waals surface area contributed by atoms with Gasteiger partial charge >= 0.3 is 33.0 Å². The molecule has 0 spiro atoms. The number of aryl methyl sites for hydroxylation is 1. The van der Waals surface area contributed by atoms with E-state index in [1.807, 2.05) is 65.4 Å². The van der Waals surface area contributed by atoms with Gasteiger partial charge in [0, 0.05) is 72.8 Å². The topological polar surface area (TPSA) is 278 Å². The Hall–Kier alpha value is -1.63. The van der Waals surface area contributed by atoms with Gasteiger partial charge in [-0.25, -0.2) is 18.6 Å². The van der Waals surface area contributed by atoms with Crippen molar-refractivity contribution in [3.8, 4) is 17.2 Å². The van der Waals surface area contributed by atoms with Crippen LogP contribution in [-0.2, 0) is 74.9 Å². The van der Waals surface area contributed by atoms with Crippen LogP contribution in [0.15, 0.2) is 57.5 Å². The summed E-state index contributed by atoms with van der Waals surface area (Å²) in [7, 11) is 3.15. The molecule has 0 fully saturated rings. The van der Waals surface area contributed by atoms with Crippen molar-refractivity contribution in [2.45, 2.75) is 40.0 Å². The van der Waals surface area contributed by atoms with Crippen LogP contribution >= 0.6 is 31.9 Å². The third-order valence-electron chi connectivity index (χ3n) is 6.75. The molecule has 3 aromatic carbocycles. The average molecular weight is 990 g/mol. The van der Waals surface area contributed by atoms with Gasteiger partial charge in [0.25, 0.3) is 0 Å². The minimum absolute atomic E-state index is 0. The number of carbonyl (C=O) groups is 1. The summed E-state index contributed by atoms with van der Waals surface area (Å²) in [6.07, 6.45) is 0. The fourth-order valence-electron chi connectivity index (χ4n) is 4.59. The molecule has 0 aromatic heterocycles. The van der Waals surface area contributed by atoms with Gasteiger partial charge in [-0.1, -0.05) is 61.4 Å². The van der Waals surface area contributed by atoms with Gasteiger partial charge in [0.1, 0.15) is 5.75 Å². The number of carbonyl (C=O) groups excluding carboxylic acids is 1. The van der Waals surface area contributed by atoms with Gasteiger partial charge in [-0.05, 0) is 89.1 Å². The maximum Gasteiger partial charge on any atom is 2.00 e. The van der Waals surface area contributed by atoms with E-state index in [1.165, 1.54) is 0 Å². The second-order valence-corrected chi connectivity index (χ2v) is 14.4. The number of phenolic OH excluding ortho intramolecular Hbond substituents is 1. The van der Waals surface area contributed by atoms with E-state index in [-0.39, 0.29) is 61.2 Å². The Kier molecular flexibility index (Phi) is 31.5. The molecule has 0 aliphatic rings. The number of aliphatic carboxylic acids is 1. The van der Waals surface area contributed by atoms with E-state index >= 15 is 0 Å². The number of aromatic hydroxyl groups is 1. The zero-order valence-electron chi connectivity index (χ0n) is 30.2. The summed E-state index contributed by atoms with van der Waals surface area (Å²) >= 11 is 6.99. The third kappa shape index (κ3) is 26.8. The summed E-state index contributed by atoms with van der Waals surface area (Å²) in [5, 5.41) is 45.7. The van der Waals surface area contributed by atoms with Crippen LogP contribution in [0.1, 0.15) is 34.7 Å². The quantitative estimate of drug-likeness (QED) is 0.122. The van der Waals surface area contributed by atoms with Gasteiger partial charge in [0.05, 0.1) is 0 Å². The van der Waals surface area contributed by atoms with E-state index in [4.69, 9.17) is 28.5 Å². The molecule has 0 aliphatic carbocycles. The normalized spacial score (nSPS) is 10.6. The van der Waals surface area contributed by atoms with Crippen molar-refractivity contribution >= 4 is 37.8 Å². The molecular weight excluding hydrogens is 941 g/mol. The second kappa shape index (κ2) is 28.7. The number of rotatable bonds is 14. The van der Waals surface area contributed by atoms with Crippen LogP contribution in [-0.4, -0.2) is 85.0 Å². The molecule has 7 N–H and O–H groups in total. The van der Waals surface area contributed by atoms with E-state index in [2.05, 4.69) is 51.5 Å². The Balaban J connectivity index is -0.000000827. The van der Waals surface area contributed by atoms with Crippen molar-refractivity contribution in [3.63, 3.8) is 0 Å². The number of carboxylic acids is 1. The second-order valence-electron chi connectivity index (χ2n) is 11.8. The summed E-state index contributed by atoms with van der Waals surface area (Å²) < 4.78 is 35.7. The van der Waals surface area contributed by atoms with Crippen LogP contribution < -0.4 is 34.0 Å². The Morgan fingerprint density at radius 2 is 1.02 bits per heavy atom. The van der Waals surface area contributed by atoms with Crippen LogP contribution in [0.2, 0.25) is 0 Å². The molecule has 0 amide bonds. The minimum atomic E-state index is -4.94. The molecule has 306 valence electrons. The molecule has 0 bridgehead atoms. The van der Waals surface area contributed by atoms with E-state index in [1.54, 1.807) is 18.2 Å². The summed E-state index contributed by atoms with van der Waals surface area (Å²) in [6, 6.07) is 14.6. The maximum absolute atomic E-state index is 13.8. The molecule has 3 aromatic rings. The zero-order valence-corrected chi connectivity index (χ0v) is 36.1. The van der Waals surface area contributed by atoms with Crippen LogP contribution in [0, 0.1) is 17.2 Å². The minimum Gasteiger partial charge on any atom is -0.872 e. The van der Waals surface area contributed by atoms with Crippen LogP contribution in [0.4, 0.5) is 0 Å². The Bertz CT molecular complexity index is 1390. The predicted molar refractivity (Wildman–Crippen MR) is 186 cm³/mol. The van der Waals surface area contributed by atoms with E-state index in [0.717, 1.165) is 64.3 Å². The molecule has 15 nitrogen and oxygen atoms in total. The van der Waals surface area contributed by atoms with Crippen LogP contribution in [0.5, 0.6) is 17.2 Å². The summed E-state index contributed by atoms with van der Waals surface area (Å²) in [4.78, 5) is 17.5. The summed E-state index contributed by atoms with van der Waals surface area (Å²) in [6.45, 7) is 8.00. The number of benzene rings is 3. The van der Waals surface area contributed by atoms with Crippen molar-refractivity contribution in [1.82, 2.24) is 19.6 Å². The van der Waals surface area contributed by atoms with E-state index in [0.29, 0.717) is 31.7 Å². The average Bonchev–Trinajstić information content (AvgIpc) is 2.95. The van der Waals surface area contributed by atoms with Gasteiger partial charge in [-0.2, -0.15) is 0 Å². The fourth-order valence-corrected chi connectivity index (χ4v) is 5.41. The van der Waals surface area contributed by atoms with Crippen molar-refractivity contribution < 1.29 is 98.0 Å². The molecule has 53 heavy (non-hydrogen) atoms. The molecule has 0 atom stereocenters. The molecule has 0 radical (unpaired) electrons. The third-order valence-corrected chi connectivity index (χ3v) is 7.74. The Morgan fingerprint density at radius 1 is 0.679 bits per heavy atom. The first kappa shape index (κ1) is 58.1. The van der Waals surface area contributed by atoms with E-state index < -0.39 is 16.2 Å². The smallest absolute Gasteiger partial charge is 0.872 e. The molecule has 0 heterocycles. The van der Waals surface area contributed by atoms with Crippen LogP contribution in [0.3, 0.4) is 0 Å². The Labute approximate surface area is 350 Å². The van der Waals surface area contributed by atoms with Gasteiger partial charge in [0.2, 0.25) is 0 Å². The first-order valence-corrected chi connectivity index (χ1v) is 17.7. The summed E-state index contributed by atoms with van der Waals surface area (Å²) in [5.41, 5.74) is 4.02. The van der Waals surface area contributed by atoms with E-state index in [9.17, 15) is 15.3 Å². The molecular formula is C33H49Br2ClN4Ni2O11+2. The molecule has 0 unspecified atom stereocenters. The van der Waals surface area contributed by atoms with Crippen molar-refractivity contribution in [1.29, 1.82) is 0 Å². The predicted octanol–water partition coefficient (Wildman–Crippen LogP) is -3.35. The SMILES string of the molecule is CC(=O)[O-].Cc1cc(CN(CCN(C)C)Cc2cc(Br)ccc2[O-])c([O-])c(CN(CCN(C)C)Cc2cc(Br)ccc2O)c1.[Ni+2].[Ni+2].[O-][Cl+3]([O-])([O-])[O-].[OH3+].[OH3+]. The number of phenols is 1. The maximum atomic E-state index is 13.8. The first-order valence-electron chi connectivity index (χ1n) is 14.9. The molecule has 3 rings (SSSR count). The standard InChI is InChI=1S/C31H42Br2N4O3.C2H4O2.ClHO4.2Ni.2H2O/c1-22-14-25(20-36(12-10-34(2)3)18-23-16-27(32)6-8-29(23)38)31(40)26(15-22)21-37(13-11-35(4)5)19-24-17-28(33)7-9-30(24)39;1-2(3)4;2-1(3,4)5;;;;/h6-9,14-17,38-40H,10-13,18-21H2,1-5H3;1H3,(H,3,4);(H,2,3,4,5);;;2*1H2/q;;;2*+2;;/p-2. The van der Waals surface area contributed by atoms with Crippen molar-refractivity contribution in [2.24, 2.45) is 0 Å². The monoisotopic (exact) mass is 986 g/mol. The first-order chi connectivity index (χ1) is 22.6. The number of hydrogen-bond donors (Lipinski definition) is 1.